The van der Waals surface area contributed by atoms with Gasteiger partial charge in [-0.15, -0.1) is 0 Å². The Morgan fingerprint density at radius 3 is 2.65 bits per heavy atom. The lowest BCUT2D eigenvalue weighted by atomic mass is 9.80. The van der Waals surface area contributed by atoms with Crippen molar-refractivity contribution in [1.29, 1.82) is 0 Å². The molecule has 1 saturated carbocycles. The molecule has 1 amide bonds. The summed E-state index contributed by atoms with van der Waals surface area (Å²) in [5.41, 5.74) is 6.38. The van der Waals surface area contributed by atoms with Crippen molar-refractivity contribution in [3.05, 3.63) is 17.5 Å². The molecule has 0 spiro atoms. The Morgan fingerprint density at radius 1 is 1.50 bits per heavy atom. The van der Waals surface area contributed by atoms with E-state index in [1.54, 1.807) is 11.7 Å². The largest absolute Gasteiger partial charge is 0.409 e. The van der Waals surface area contributed by atoms with Gasteiger partial charge in [-0.2, -0.15) is 5.10 Å². The van der Waals surface area contributed by atoms with E-state index in [1.807, 2.05) is 6.92 Å². The molecule has 0 saturated heterocycles. The number of carbonyl (C=O) groups excluding carboxylic acids is 1. The minimum Gasteiger partial charge on any atom is -0.409 e. The second-order valence-corrected chi connectivity index (χ2v) is 5.35. The summed E-state index contributed by atoms with van der Waals surface area (Å²) < 4.78 is 1.64. The van der Waals surface area contributed by atoms with Crippen LogP contribution in [0.5, 0.6) is 0 Å². The van der Waals surface area contributed by atoms with Crippen LogP contribution in [0.3, 0.4) is 0 Å². The van der Waals surface area contributed by atoms with Crippen molar-refractivity contribution < 1.29 is 10.0 Å². The number of hydrogen-bond donors (Lipinski definition) is 3. The van der Waals surface area contributed by atoms with Gasteiger partial charge >= 0.3 is 0 Å². The second-order valence-electron chi connectivity index (χ2n) is 5.35. The van der Waals surface area contributed by atoms with E-state index in [4.69, 9.17) is 10.9 Å². The Balaban J connectivity index is 2.24. The van der Waals surface area contributed by atoms with Gasteiger partial charge in [0.2, 0.25) is 0 Å². The van der Waals surface area contributed by atoms with E-state index in [9.17, 15) is 4.79 Å². The molecule has 2 rings (SSSR count). The number of nitrogens with one attached hydrogen (secondary N) is 1. The first-order valence-corrected chi connectivity index (χ1v) is 6.79. The molecule has 1 heterocycles. The number of rotatable bonds is 3. The molecule has 1 aliphatic carbocycles. The molecule has 0 atom stereocenters. The Hall–Kier alpha value is -2.05. The summed E-state index contributed by atoms with van der Waals surface area (Å²) in [5.74, 6) is -0.156. The number of aromatic nitrogens is 2. The molecule has 0 bridgehead atoms. The summed E-state index contributed by atoms with van der Waals surface area (Å²) in [6.45, 7) is 1.83. The number of amides is 1. The van der Waals surface area contributed by atoms with Crippen LogP contribution in [0.4, 0.5) is 0 Å². The minimum atomic E-state index is -0.744. The van der Waals surface area contributed by atoms with Gasteiger partial charge < -0.3 is 16.3 Å². The zero-order chi connectivity index (χ0) is 14.8. The van der Waals surface area contributed by atoms with Gasteiger partial charge in [0.15, 0.2) is 5.84 Å². The van der Waals surface area contributed by atoms with Gasteiger partial charge in [-0.25, -0.2) is 0 Å². The number of hydrogen-bond acceptors (Lipinski definition) is 4. The molecule has 1 fully saturated rings. The third kappa shape index (κ3) is 2.48. The lowest BCUT2D eigenvalue weighted by Gasteiger charge is -2.36. The maximum absolute atomic E-state index is 12.4. The van der Waals surface area contributed by atoms with E-state index in [1.165, 1.54) is 6.20 Å². The third-order valence-corrected chi connectivity index (χ3v) is 4.14. The fraction of sp³-hybridized carbons (Fsp3) is 0.615. The van der Waals surface area contributed by atoms with Crippen LogP contribution in [0.25, 0.3) is 0 Å². The highest BCUT2D eigenvalue weighted by atomic mass is 16.4. The van der Waals surface area contributed by atoms with Gasteiger partial charge in [0.25, 0.3) is 5.91 Å². The van der Waals surface area contributed by atoms with Crippen molar-refractivity contribution in [3.63, 3.8) is 0 Å². The predicted molar refractivity (Wildman–Crippen MR) is 74.6 cm³/mol. The van der Waals surface area contributed by atoms with Crippen molar-refractivity contribution in [2.75, 3.05) is 0 Å². The molecule has 0 radical (unpaired) electrons. The van der Waals surface area contributed by atoms with Gasteiger partial charge in [0.05, 0.1) is 11.8 Å². The molecule has 4 N–H and O–H groups in total. The zero-order valence-electron chi connectivity index (χ0n) is 11.9. The highest BCUT2D eigenvalue weighted by Gasteiger charge is 2.38. The Morgan fingerprint density at radius 2 is 2.15 bits per heavy atom. The van der Waals surface area contributed by atoms with E-state index in [2.05, 4.69) is 15.6 Å². The third-order valence-electron chi connectivity index (χ3n) is 4.14. The second kappa shape index (κ2) is 5.52. The first-order valence-electron chi connectivity index (χ1n) is 6.79. The van der Waals surface area contributed by atoms with E-state index in [-0.39, 0.29) is 11.7 Å². The molecule has 0 aliphatic heterocycles. The maximum Gasteiger partial charge on any atom is 0.255 e. The Bertz CT molecular complexity index is 529. The average Bonchev–Trinajstić information content (AvgIpc) is 2.79. The molecule has 0 unspecified atom stereocenters. The molecule has 1 aromatic heterocycles. The highest BCUT2D eigenvalue weighted by Crippen LogP contribution is 2.29. The van der Waals surface area contributed by atoms with Crippen LogP contribution in [0.1, 0.15) is 48.2 Å². The number of amidine groups is 1. The smallest absolute Gasteiger partial charge is 0.255 e. The summed E-state index contributed by atoms with van der Waals surface area (Å²) in [6.07, 6.45) is 5.91. The van der Waals surface area contributed by atoms with Crippen molar-refractivity contribution in [3.8, 4) is 0 Å². The summed E-state index contributed by atoms with van der Waals surface area (Å²) in [7, 11) is 1.78. The van der Waals surface area contributed by atoms with Crippen LogP contribution >= 0.6 is 0 Å². The van der Waals surface area contributed by atoms with E-state index in [0.717, 1.165) is 25.0 Å². The van der Waals surface area contributed by atoms with Gasteiger partial charge in [-0.05, 0) is 19.8 Å². The minimum absolute atomic E-state index is 0.0760. The summed E-state index contributed by atoms with van der Waals surface area (Å²) in [5, 5.41) is 19.1. The normalized spacial score (nSPS) is 18.8. The first-order chi connectivity index (χ1) is 9.50. The molecule has 110 valence electrons. The number of nitrogens with zero attached hydrogens (tertiary/aromatic N) is 3. The zero-order valence-corrected chi connectivity index (χ0v) is 11.9. The molecule has 1 aliphatic rings. The molecule has 1 aromatic rings. The van der Waals surface area contributed by atoms with Crippen LogP contribution in [-0.2, 0) is 7.05 Å². The van der Waals surface area contributed by atoms with E-state index >= 15 is 0 Å². The number of oxime groups is 1. The van der Waals surface area contributed by atoms with Gasteiger partial charge in [0.1, 0.15) is 5.54 Å². The lowest BCUT2D eigenvalue weighted by Crippen LogP contribution is -2.58. The molecule has 7 nitrogen and oxygen atoms in total. The summed E-state index contributed by atoms with van der Waals surface area (Å²) in [4.78, 5) is 12.4. The van der Waals surface area contributed by atoms with Gasteiger partial charge in [0, 0.05) is 12.7 Å². The predicted octanol–water partition coefficient (Wildman–Crippen LogP) is 0.908. The maximum atomic E-state index is 12.4. The van der Waals surface area contributed by atoms with Crippen LogP contribution in [0.15, 0.2) is 11.4 Å². The highest BCUT2D eigenvalue weighted by molar-refractivity contribution is 6.00. The van der Waals surface area contributed by atoms with E-state index in [0.29, 0.717) is 18.4 Å². The lowest BCUT2D eigenvalue weighted by molar-refractivity contribution is 0.0905. The van der Waals surface area contributed by atoms with Crippen molar-refractivity contribution in [1.82, 2.24) is 15.1 Å². The molecule has 0 aromatic carbocycles. The van der Waals surface area contributed by atoms with Crippen LogP contribution in [-0.4, -0.2) is 32.3 Å². The molecule has 7 heteroatoms. The number of aryl methyl sites for hydroxylation is 1. The standard InChI is InChI=1S/C13H21N5O2/c1-9-10(8-15-18(9)2)11(19)16-13(12(14)17-20)6-4-3-5-7-13/h8,20H,3-7H2,1-2H3,(H2,14,17)(H,16,19). The molecular weight excluding hydrogens is 258 g/mol. The number of nitrogens with two attached hydrogens (primary N) is 1. The van der Waals surface area contributed by atoms with Crippen molar-refractivity contribution in [2.45, 2.75) is 44.6 Å². The summed E-state index contributed by atoms with van der Waals surface area (Å²) in [6, 6.07) is 0. The Kier molecular flexibility index (Phi) is 3.96. The van der Waals surface area contributed by atoms with E-state index < -0.39 is 5.54 Å². The fourth-order valence-electron chi connectivity index (χ4n) is 2.70. The molecular formula is C13H21N5O2. The van der Waals surface area contributed by atoms with Crippen molar-refractivity contribution in [2.24, 2.45) is 17.9 Å². The first kappa shape index (κ1) is 14.4. The van der Waals surface area contributed by atoms with Crippen molar-refractivity contribution >= 4 is 11.7 Å². The SMILES string of the molecule is Cc1c(C(=O)NC2(/C(N)=N/O)CCCCC2)cnn1C. The topological polar surface area (TPSA) is 106 Å². The van der Waals surface area contributed by atoms with Gasteiger partial charge in [-0.1, -0.05) is 24.4 Å². The Labute approximate surface area is 117 Å². The van der Waals surface area contributed by atoms with Crippen LogP contribution in [0, 0.1) is 6.92 Å². The molecule has 20 heavy (non-hydrogen) atoms. The summed E-state index contributed by atoms with van der Waals surface area (Å²) >= 11 is 0. The van der Waals surface area contributed by atoms with Gasteiger partial charge in [-0.3, -0.25) is 9.48 Å². The average molecular weight is 279 g/mol. The van der Waals surface area contributed by atoms with Crippen LogP contribution < -0.4 is 11.1 Å². The van der Waals surface area contributed by atoms with Crippen LogP contribution in [0.2, 0.25) is 0 Å². The monoisotopic (exact) mass is 279 g/mol. The quantitative estimate of drug-likeness (QED) is 0.331. The number of carbonyl (C=O) groups is 1. The fourth-order valence-corrected chi connectivity index (χ4v) is 2.70.